The van der Waals surface area contributed by atoms with E-state index in [4.69, 9.17) is 16.3 Å². The van der Waals surface area contributed by atoms with Crippen molar-refractivity contribution >= 4 is 52.0 Å². The molecule has 0 radical (unpaired) electrons. The van der Waals surface area contributed by atoms with Crippen LogP contribution in [0.2, 0.25) is 5.02 Å². The fourth-order valence-corrected chi connectivity index (χ4v) is 7.21. The smallest absolute Gasteiger partial charge is 0.405 e. The van der Waals surface area contributed by atoms with Crippen molar-refractivity contribution in [1.82, 2.24) is 15.6 Å². The molecule has 6 rings (SSSR count). The van der Waals surface area contributed by atoms with Gasteiger partial charge in [-0.2, -0.15) is 0 Å². The zero-order valence-electron chi connectivity index (χ0n) is 26.2. The van der Waals surface area contributed by atoms with Gasteiger partial charge in [0.1, 0.15) is 6.04 Å². The van der Waals surface area contributed by atoms with Gasteiger partial charge in [0.15, 0.2) is 0 Å². The van der Waals surface area contributed by atoms with E-state index in [1.807, 2.05) is 109 Å². The summed E-state index contributed by atoms with van der Waals surface area (Å²) in [4.78, 5) is 32.0. The van der Waals surface area contributed by atoms with Gasteiger partial charge in [-0.25, -0.2) is 4.79 Å². The second-order valence-corrected chi connectivity index (χ2v) is 13.3. The molecule has 8 nitrogen and oxygen atoms in total. The highest BCUT2D eigenvalue weighted by Gasteiger charge is 2.34. The van der Waals surface area contributed by atoms with Crippen molar-refractivity contribution in [2.45, 2.75) is 41.9 Å². The van der Waals surface area contributed by atoms with Gasteiger partial charge in [-0.15, -0.1) is 11.8 Å². The quantitative estimate of drug-likeness (QED) is 0.102. The molecule has 0 unspecified atom stereocenters. The highest BCUT2D eigenvalue weighted by Crippen LogP contribution is 2.34. The van der Waals surface area contributed by atoms with Gasteiger partial charge in [-0.05, 0) is 72.0 Å². The number of fused-ring (bicyclic) bond motifs is 1. The number of aromatic nitrogens is 1. The summed E-state index contributed by atoms with van der Waals surface area (Å²) in [5.41, 5.74) is 3.97. The molecule has 1 aliphatic rings. The summed E-state index contributed by atoms with van der Waals surface area (Å²) in [6.07, 6.45) is 1.93. The third-order valence-corrected chi connectivity index (χ3v) is 9.86. The minimum absolute atomic E-state index is 0.0159. The number of para-hydroxylation sites is 2. The molecular weight excluding hydrogens is 644 g/mol. The van der Waals surface area contributed by atoms with Gasteiger partial charge in [0.2, 0.25) is 5.91 Å². The summed E-state index contributed by atoms with van der Waals surface area (Å²) < 4.78 is 6.44. The number of carboxylic acid groups (broad SMARTS) is 1. The molecule has 0 saturated carbocycles. The van der Waals surface area contributed by atoms with E-state index in [9.17, 15) is 14.7 Å². The predicted octanol–water partition coefficient (Wildman–Crippen LogP) is 7.38. The zero-order valence-corrected chi connectivity index (χ0v) is 27.8. The molecule has 5 aromatic rings. The number of amides is 2. The summed E-state index contributed by atoms with van der Waals surface area (Å²) in [5, 5.41) is 20.6. The fraction of sp³-hybridized carbons (Fsp3) is 0.237. The summed E-state index contributed by atoms with van der Waals surface area (Å²) in [7, 11) is 0. The Morgan fingerprint density at radius 1 is 0.917 bits per heavy atom. The predicted molar refractivity (Wildman–Crippen MR) is 192 cm³/mol. The Hall–Kier alpha value is -4.41. The van der Waals surface area contributed by atoms with Crippen molar-refractivity contribution in [1.29, 1.82) is 0 Å². The largest absolute Gasteiger partial charge is 0.465 e. The molecule has 1 saturated heterocycles. The number of benzene rings is 4. The highest BCUT2D eigenvalue weighted by molar-refractivity contribution is 7.99. The topological polar surface area (TPSA) is 113 Å². The number of ether oxygens (including phenoxy) is 1. The van der Waals surface area contributed by atoms with Crippen LogP contribution in [0.15, 0.2) is 120 Å². The van der Waals surface area contributed by atoms with Gasteiger partial charge in [-0.3, -0.25) is 9.78 Å². The number of nitrogens with zero attached hydrogens (tertiary/aromatic N) is 1. The highest BCUT2D eigenvalue weighted by atomic mass is 35.5. The number of anilines is 1. The van der Waals surface area contributed by atoms with Gasteiger partial charge in [0.25, 0.3) is 0 Å². The lowest BCUT2D eigenvalue weighted by molar-refractivity contribution is -0.118. The number of nitrogens with one attached hydrogen (secondary N) is 3. The van der Waals surface area contributed by atoms with Crippen LogP contribution in [0.5, 0.6) is 0 Å². The third-order valence-electron chi connectivity index (χ3n) is 8.46. The standard InChI is InChI=1S/C38H37ClN4O4S/c39-27-15-18-30(19-16-27)48-24-29-23-40-22-28(47-29)17-14-25-8-4-6-12-33(25)42-37(44)36(43-38(45)46)35(26-9-2-1-3-10-26)32-20-21-41-34-13-7-5-11-31(32)34/h1-13,15-16,18-21,28-29,35-36,40,43H,14,17,22-24H2,(H,42,44)(H,45,46)/t28-,29+,35+,36+/m1/s1. The number of carbonyl (C=O) groups is 2. The summed E-state index contributed by atoms with van der Waals surface area (Å²) >= 11 is 7.77. The Bertz CT molecular complexity index is 1840. The summed E-state index contributed by atoms with van der Waals surface area (Å²) in [6.45, 7) is 1.54. The molecule has 1 fully saturated rings. The maximum absolute atomic E-state index is 14.2. The van der Waals surface area contributed by atoms with Crippen molar-refractivity contribution in [3.8, 4) is 0 Å². The van der Waals surface area contributed by atoms with E-state index in [0.29, 0.717) is 12.1 Å². The first-order chi connectivity index (χ1) is 23.4. The van der Waals surface area contributed by atoms with Crippen LogP contribution in [-0.4, -0.2) is 59.2 Å². The molecule has 1 aliphatic heterocycles. The van der Waals surface area contributed by atoms with E-state index in [1.54, 1.807) is 18.0 Å². The summed E-state index contributed by atoms with van der Waals surface area (Å²) in [5.74, 6) is -0.244. The number of carbonyl (C=O) groups excluding carboxylic acids is 1. The number of halogens is 1. The molecule has 2 amide bonds. The van der Waals surface area contributed by atoms with Crippen LogP contribution in [0, 0.1) is 0 Å². The van der Waals surface area contributed by atoms with Crippen LogP contribution in [-0.2, 0) is 16.0 Å². The van der Waals surface area contributed by atoms with Gasteiger partial charge < -0.3 is 25.8 Å². The van der Waals surface area contributed by atoms with E-state index in [1.165, 1.54) is 0 Å². The Morgan fingerprint density at radius 3 is 2.46 bits per heavy atom. The number of hydrogen-bond donors (Lipinski definition) is 4. The van der Waals surface area contributed by atoms with Crippen molar-refractivity contribution in [2.75, 3.05) is 24.2 Å². The van der Waals surface area contributed by atoms with Crippen molar-refractivity contribution in [3.63, 3.8) is 0 Å². The number of morpholine rings is 1. The number of rotatable bonds is 12. The molecule has 2 heterocycles. The van der Waals surface area contributed by atoms with Gasteiger partial charge in [0, 0.05) is 51.9 Å². The summed E-state index contributed by atoms with van der Waals surface area (Å²) in [6, 6.07) is 33.4. The van der Waals surface area contributed by atoms with Crippen LogP contribution in [0.1, 0.15) is 29.0 Å². The molecule has 246 valence electrons. The first-order valence-electron chi connectivity index (χ1n) is 16.0. The van der Waals surface area contributed by atoms with Gasteiger partial charge in [0.05, 0.1) is 17.7 Å². The van der Waals surface area contributed by atoms with Crippen LogP contribution in [0.4, 0.5) is 10.5 Å². The Morgan fingerprint density at radius 2 is 1.65 bits per heavy atom. The van der Waals surface area contributed by atoms with E-state index in [2.05, 4.69) is 20.9 Å². The molecule has 1 aromatic heterocycles. The lowest BCUT2D eigenvalue weighted by Crippen LogP contribution is -2.47. The Kier molecular flexibility index (Phi) is 11.3. The van der Waals surface area contributed by atoms with Crippen molar-refractivity contribution in [2.24, 2.45) is 0 Å². The second-order valence-electron chi connectivity index (χ2n) is 11.7. The molecule has 4 aromatic carbocycles. The maximum Gasteiger partial charge on any atom is 0.405 e. The molecule has 0 aliphatic carbocycles. The number of hydrogen-bond acceptors (Lipinski definition) is 6. The number of pyridine rings is 1. The molecular formula is C38H37ClN4O4S. The number of thioether (sulfide) groups is 1. The monoisotopic (exact) mass is 680 g/mol. The van der Waals surface area contributed by atoms with E-state index in [-0.39, 0.29) is 12.2 Å². The second kappa shape index (κ2) is 16.1. The Labute approximate surface area is 289 Å². The average Bonchev–Trinajstić information content (AvgIpc) is 3.11. The minimum atomic E-state index is -1.28. The first kappa shape index (κ1) is 33.5. The van der Waals surface area contributed by atoms with E-state index >= 15 is 0 Å². The fourth-order valence-electron chi connectivity index (χ4n) is 6.18. The van der Waals surface area contributed by atoms with Crippen molar-refractivity contribution in [3.05, 3.63) is 137 Å². The van der Waals surface area contributed by atoms with Gasteiger partial charge in [-0.1, -0.05) is 78.3 Å². The lowest BCUT2D eigenvalue weighted by atomic mass is 9.83. The Balaban J connectivity index is 1.18. The normalized spacial score (nSPS) is 17.4. The molecule has 0 bridgehead atoms. The van der Waals surface area contributed by atoms with Crippen LogP contribution in [0.25, 0.3) is 10.9 Å². The molecule has 4 atom stereocenters. The average molecular weight is 681 g/mol. The van der Waals surface area contributed by atoms with Gasteiger partial charge >= 0.3 is 6.09 Å². The molecule has 10 heteroatoms. The first-order valence-corrected chi connectivity index (χ1v) is 17.3. The molecule has 0 spiro atoms. The van der Waals surface area contributed by atoms with Crippen LogP contribution in [0.3, 0.4) is 0 Å². The minimum Gasteiger partial charge on any atom is -0.465 e. The van der Waals surface area contributed by atoms with Crippen LogP contribution < -0.4 is 16.0 Å². The molecule has 48 heavy (non-hydrogen) atoms. The SMILES string of the molecule is O=C(O)N[C@H](C(=O)Nc1ccccc1CC[C@@H]1CNC[C@@H](CSc2ccc(Cl)cc2)O1)[C@@H](c1ccccc1)c1ccnc2ccccc12. The van der Waals surface area contributed by atoms with Crippen LogP contribution >= 0.6 is 23.4 Å². The lowest BCUT2D eigenvalue weighted by Gasteiger charge is -2.31. The number of aryl methyl sites for hydroxylation is 1. The van der Waals surface area contributed by atoms with E-state index < -0.39 is 24.0 Å². The third kappa shape index (κ3) is 8.54. The zero-order chi connectivity index (χ0) is 33.3. The maximum atomic E-state index is 14.2. The van der Waals surface area contributed by atoms with E-state index in [0.717, 1.165) is 62.8 Å². The molecule has 4 N–H and O–H groups in total. The van der Waals surface area contributed by atoms with Crippen molar-refractivity contribution < 1.29 is 19.4 Å².